The number of aromatic nitrogens is 2. The summed E-state index contributed by atoms with van der Waals surface area (Å²) in [5.74, 6) is -0.202. The highest BCUT2D eigenvalue weighted by Gasteiger charge is 2.21. The molecule has 4 nitrogen and oxygen atoms in total. The molecule has 1 amide bonds. The molecule has 0 fully saturated rings. The average molecular weight is 408 g/mol. The van der Waals surface area contributed by atoms with Gasteiger partial charge in [-0.15, -0.1) is 11.3 Å². The maximum atomic E-state index is 13.1. The molecule has 0 aliphatic carbocycles. The van der Waals surface area contributed by atoms with Gasteiger partial charge in [0.1, 0.15) is 11.4 Å². The van der Waals surface area contributed by atoms with E-state index in [2.05, 4.69) is 10.4 Å². The van der Waals surface area contributed by atoms with Crippen molar-refractivity contribution >= 4 is 28.8 Å². The predicted molar refractivity (Wildman–Crippen MR) is 114 cm³/mol. The molecule has 2 heterocycles. The normalized spacial score (nSPS) is 11.9. The zero-order valence-corrected chi connectivity index (χ0v) is 16.7. The number of benzene rings is 2. The minimum Gasteiger partial charge on any atom is -0.344 e. The fourth-order valence-corrected chi connectivity index (χ4v) is 3.89. The van der Waals surface area contributed by atoms with E-state index in [9.17, 15) is 4.79 Å². The molecule has 4 aromatic rings. The lowest BCUT2D eigenvalue weighted by Crippen LogP contribution is -2.28. The summed E-state index contributed by atoms with van der Waals surface area (Å²) in [6, 6.07) is 22.9. The van der Waals surface area contributed by atoms with Crippen molar-refractivity contribution in [2.45, 2.75) is 13.0 Å². The molecule has 1 N–H and O–H groups in total. The van der Waals surface area contributed by atoms with Crippen molar-refractivity contribution in [3.05, 3.63) is 94.5 Å². The number of thiophene rings is 1. The van der Waals surface area contributed by atoms with Crippen LogP contribution in [0.1, 0.15) is 29.0 Å². The largest absolute Gasteiger partial charge is 0.344 e. The van der Waals surface area contributed by atoms with Crippen LogP contribution in [0.2, 0.25) is 5.02 Å². The number of halogens is 1. The van der Waals surface area contributed by atoms with Crippen LogP contribution in [0.25, 0.3) is 16.3 Å². The summed E-state index contributed by atoms with van der Waals surface area (Å²) < 4.78 is 1.62. The number of carbonyl (C=O) groups is 1. The number of carbonyl (C=O) groups excluding carboxylic acids is 1. The molecule has 1 atom stereocenters. The number of hydrogen-bond acceptors (Lipinski definition) is 3. The van der Waals surface area contributed by atoms with E-state index >= 15 is 0 Å². The maximum absolute atomic E-state index is 13.1. The summed E-state index contributed by atoms with van der Waals surface area (Å²) in [5, 5.41) is 10.3. The fraction of sp³-hybridized carbons (Fsp3) is 0.0909. The van der Waals surface area contributed by atoms with E-state index in [-0.39, 0.29) is 11.9 Å². The van der Waals surface area contributed by atoms with E-state index in [0.717, 1.165) is 16.1 Å². The van der Waals surface area contributed by atoms with Crippen molar-refractivity contribution in [1.82, 2.24) is 15.1 Å². The minimum atomic E-state index is -0.202. The standard InChI is InChI=1S/C22H18ClN3OS/c1-15(16-8-3-2-4-9-16)24-22(27)20-14-18(21-12-7-13-28-21)25-26(20)19-11-6-5-10-17(19)23/h2-15H,1H3,(H,24,27)/t15-/m1/s1. The van der Waals surface area contributed by atoms with Crippen LogP contribution in [0.5, 0.6) is 0 Å². The van der Waals surface area contributed by atoms with Gasteiger partial charge in [0.2, 0.25) is 0 Å². The third-order valence-electron chi connectivity index (χ3n) is 4.44. The zero-order chi connectivity index (χ0) is 19.5. The van der Waals surface area contributed by atoms with Crippen LogP contribution >= 0.6 is 22.9 Å². The van der Waals surface area contributed by atoms with Gasteiger partial charge in [-0.3, -0.25) is 4.79 Å². The Morgan fingerprint density at radius 2 is 1.82 bits per heavy atom. The van der Waals surface area contributed by atoms with Crippen molar-refractivity contribution in [2.75, 3.05) is 0 Å². The van der Waals surface area contributed by atoms with Crippen LogP contribution in [0.3, 0.4) is 0 Å². The van der Waals surface area contributed by atoms with Crippen LogP contribution in [-0.2, 0) is 0 Å². The Bertz CT molecular complexity index is 1090. The van der Waals surface area contributed by atoms with E-state index in [1.807, 2.05) is 79.0 Å². The highest BCUT2D eigenvalue weighted by atomic mass is 35.5. The van der Waals surface area contributed by atoms with Gasteiger partial charge in [0, 0.05) is 0 Å². The first-order valence-electron chi connectivity index (χ1n) is 8.88. The van der Waals surface area contributed by atoms with Gasteiger partial charge in [-0.05, 0) is 42.1 Å². The second kappa shape index (κ2) is 8.00. The molecule has 0 aliphatic rings. The Balaban J connectivity index is 1.72. The number of hydrogen-bond donors (Lipinski definition) is 1. The second-order valence-electron chi connectivity index (χ2n) is 6.36. The monoisotopic (exact) mass is 407 g/mol. The van der Waals surface area contributed by atoms with Gasteiger partial charge < -0.3 is 5.32 Å². The van der Waals surface area contributed by atoms with Gasteiger partial charge in [-0.2, -0.15) is 5.10 Å². The summed E-state index contributed by atoms with van der Waals surface area (Å²) >= 11 is 7.96. The highest BCUT2D eigenvalue weighted by molar-refractivity contribution is 7.13. The molecule has 0 bridgehead atoms. The third kappa shape index (κ3) is 3.72. The Morgan fingerprint density at radius 3 is 2.54 bits per heavy atom. The first kappa shape index (κ1) is 18.5. The summed E-state index contributed by atoms with van der Waals surface area (Å²) in [6.07, 6.45) is 0. The summed E-state index contributed by atoms with van der Waals surface area (Å²) in [4.78, 5) is 14.1. The lowest BCUT2D eigenvalue weighted by molar-refractivity contribution is 0.0932. The molecule has 0 saturated carbocycles. The van der Waals surface area contributed by atoms with Gasteiger partial charge in [-0.1, -0.05) is 60.1 Å². The van der Waals surface area contributed by atoms with E-state index in [1.54, 1.807) is 22.1 Å². The summed E-state index contributed by atoms with van der Waals surface area (Å²) in [7, 11) is 0. The lowest BCUT2D eigenvalue weighted by Gasteiger charge is -2.15. The zero-order valence-electron chi connectivity index (χ0n) is 15.2. The van der Waals surface area contributed by atoms with E-state index in [4.69, 9.17) is 11.6 Å². The highest BCUT2D eigenvalue weighted by Crippen LogP contribution is 2.28. The lowest BCUT2D eigenvalue weighted by atomic mass is 10.1. The number of rotatable bonds is 5. The number of amides is 1. The minimum absolute atomic E-state index is 0.131. The van der Waals surface area contributed by atoms with Crippen molar-refractivity contribution in [2.24, 2.45) is 0 Å². The van der Waals surface area contributed by atoms with Crippen LogP contribution in [0.4, 0.5) is 0 Å². The first-order valence-corrected chi connectivity index (χ1v) is 10.1. The maximum Gasteiger partial charge on any atom is 0.270 e. The Hall–Kier alpha value is -2.89. The smallest absolute Gasteiger partial charge is 0.270 e. The molecule has 0 saturated heterocycles. The van der Waals surface area contributed by atoms with Crippen molar-refractivity contribution < 1.29 is 4.79 Å². The summed E-state index contributed by atoms with van der Waals surface area (Å²) in [6.45, 7) is 1.96. The Labute approximate surface area is 172 Å². The predicted octanol–water partition coefficient (Wildman–Crippen LogP) is 5.75. The van der Waals surface area contributed by atoms with Crippen LogP contribution in [-0.4, -0.2) is 15.7 Å². The molecule has 0 aliphatic heterocycles. The molecule has 4 rings (SSSR count). The number of nitrogens with one attached hydrogen (secondary N) is 1. The quantitative estimate of drug-likeness (QED) is 0.458. The van der Waals surface area contributed by atoms with E-state index in [0.29, 0.717) is 16.4 Å². The molecule has 2 aromatic heterocycles. The number of para-hydroxylation sites is 1. The SMILES string of the molecule is C[C@@H](NC(=O)c1cc(-c2cccs2)nn1-c1ccccc1Cl)c1ccccc1. The molecular formula is C22H18ClN3OS. The Morgan fingerprint density at radius 1 is 1.07 bits per heavy atom. The molecule has 140 valence electrons. The van der Waals surface area contributed by atoms with Gasteiger partial charge >= 0.3 is 0 Å². The van der Waals surface area contributed by atoms with E-state index in [1.165, 1.54) is 0 Å². The molecule has 0 unspecified atom stereocenters. The number of nitrogens with zero attached hydrogens (tertiary/aromatic N) is 2. The van der Waals surface area contributed by atoms with Crippen molar-refractivity contribution in [1.29, 1.82) is 0 Å². The fourth-order valence-electron chi connectivity index (χ4n) is 2.99. The molecule has 0 radical (unpaired) electrons. The molecular weight excluding hydrogens is 390 g/mol. The van der Waals surface area contributed by atoms with Crippen molar-refractivity contribution in [3.8, 4) is 16.3 Å². The van der Waals surface area contributed by atoms with E-state index < -0.39 is 0 Å². The third-order valence-corrected chi connectivity index (χ3v) is 5.66. The van der Waals surface area contributed by atoms with Gasteiger partial charge in [-0.25, -0.2) is 4.68 Å². The molecule has 6 heteroatoms. The van der Waals surface area contributed by atoms with Crippen LogP contribution in [0, 0.1) is 0 Å². The van der Waals surface area contributed by atoms with Gasteiger partial charge in [0.15, 0.2) is 0 Å². The topological polar surface area (TPSA) is 46.9 Å². The van der Waals surface area contributed by atoms with Crippen molar-refractivity contribution in [3.63, 3.8) is 0 Å². The molecule has 0 spiro atoms. The first-order chi connectivity index (χ1) is 13.6. The van der Waals surface area contributed by atoms with Crippen LogP contribution in [0.15, 0.2) is 78.2 Å². The van der Waals surface area contributed by atoms with Crippen LogP contribution < -0.4 is 5.32 Å². The molecule has 2 aromatic carbocycles. The molecule has 28 heavy (non-hydrogen) atoms. The Kier molecular flexibility index (Phi) is 5.28. The van der Waals surface area contributed by atoms with Gasteiger partial charge in [0.05, 0.1) is 21.6 Å². The second-order valence-corrected chi connectivity index (χ2v) is 7.72. The summed E-state index contributed by atoms with van der Waals surface area (Å²) in [5.41, 5.74) is 2.90. The van der Waals surface area contributed by atoms with Gasteiger partial charge in [0.25, 0.3) is 5.91 Å². The average Bonchev–Trinajstić information content (AvgIpc) is 3.39.